The number of benzene rings is 1. The van der Waals surface area contributed by atoms with Gasteiger partial charge in [-0.1, -0.05) is 32.4 Å². The molecule has 3 aromatic rings. The molecule has 4 unspecified atom stereocenters. The second kappa shape index (κ2) is 10.7. The number of amides is 1. The fourth-order valence-electron chi connectivity index (χ4n) is 7.58. The number of halogens is 1. The first-order chi connectivity index (χ1) is 19.7. The molecule has 3 heterocycles. The molecule has 7 heteroatoms. The topological polar surface area (TPSA) is 75.2 Å². The van der Waals surface area contributed by atoms with Crippen molar-refractivity contribution in [2.75, 3.05) is 6.54 Å². The van der Waals surface area contributed by atoms with Crippen LogP contribution in [0.1, 0.15) is 55.1 Å². The molecule has 1 saturated heterocycles. The van der Waals surface area contributed by atoms with Crippen LogP contribution < -0.4 is 5.32 Å². The van der Waals surface area contributed by atoms with Gasteiger partial charge in [0.05, 0.1) is 0 Å². The van der Waals surface area contributed by atoms with Crippen LogP contribution in [0.3, 0.4) is 0 Å². The average molecular weight is 569 g/mol. The highest BCUT2D eigenvalue weighted by atomic mass is 35.5. The van der Waals surface area contributed by atoms with Gasteiger partial charge in [0.2, 0.25) is 0 Å². The monoisotopic (exact) mass is 568 g/mol. The Hall–Kier alpha value is -3.51. The fourth-order valence-corrected chi connectivity index (χ4v) is 7.71. The van der Waals surface area contributed by atoms with Gasteiger partial charge in [-0.25, -0.2) is 0 Å². The van der Waals surface area contributed by atoms with Crippen LogP contribution in [0.2, 0.25) is 5.02 Å². The van der Waals surface area contributed by atoms with Crippen molar-refractivity contribution in [2.45, 2.75) is 52.0 Å². The van der Waals surface area contributed by atoms with E-state index in [1.165, 1.54) is 6.42 Å². The molecule has 41 heavy (non-hydrogen) atoms. The number of carbonyl (C=O) groups is 2. The minimum atomic E-state index is -0.949. The number of aromatic nitrogens is 2. The molecule has 4 atom stereocenters. The van der Waals surface area contributed by atoms with Crippen molar-refractivity contribution in [3.63, 3.8) is 0 Å². The predicted molar refractivity (Wildman–Crippen MR) is 160 cm³/mol. The van der Waals surface area contributed by atoms with E-state index in [4.69, 9.17) is 11.6 Å². The van der Waals surface area contributed by atoms with Crippen LogP contribution >= 0.6 is 11.6 Å². The summed E-state index contributed by atoms with van der Waals surface area (Å²) >= 11 is 6.08. The highest BCUT2D eigenvalue weighted by Crippen LogP contribution is 2.63. The zero-order valence-corrected chi connectivity index (χ0v) is 24.6. The number of nitrogens with zero attached hydrogens (tertiary/aromatic N) is 3. The highest BCUT2D eigenvalue weighted by Gasteiger charge is 2.57. The molecule has 1 N–H and O–H groups in total. The summed E-state index contributed by atoms with van der Waals surface area (Å²) in [6, 6.07) is 14.7. The first-order valence-corrected chi connectivity index (χ1v) is 14.9. The Morgan fingerprint density at radius 2 is 1.56 bits per heavy atom. The Kier molecular flexibility index (Phi) is 7.23. The van der Waals surface area contributed by atoms with Crippen molar-refractivity contribution in [3.8, 4) is 0 Å². The maximum atomic E-state index is 14.7. The summed E-state index contributed by atoms with van der Waals surface area (Å²) in [6.07, 6.45) is 11.9. The van der Waals surface area contributed by atoms with Crippen LogP contribution in [-0.4, -0.2) is 38.6 Å². The van der Waals surface area contributed by atoms with E-state index in [0.29, 0.717) is 64.9 Å². The van der Waals surface area contributed by atoms with Crippen molar-refractivity contribution in [3.05, 3.63) is 107 Å². The van der Waals surface area contributed by atoms with Gasteiger partial charge in [-0.2, -0.15) is 0 Å². The van der Waals surface area contributed by atoms with Crippen LogP contribution in [-0.2, 0) is 17.6 Å². The van der Waals surface area contributed by atoms with E-state index in [1.54, 1.807) is 55.1 Å². The van der Waals surface area contributed by atoms with Crippen molar-refractivity contribution >= 4 is 23.3 Å². The lowest BCUT2D eigenvalue weighted by atomic mass is 9.43. The van der Waals surface area contributed by atoms with E-state index in [1.807, 2.05) is 29.2 Å². The van der Waals surface area contributed by atoms with E-state index in [0.717, 1.165) is 17.5 Å². The summed E-state index contributed by atoms with van der Waals surface area (Å²) in [6.45, 7) is 7.74. The Balaban J connectivity index is 1.38. The number of nitrogens with one attached hydrogen (secondary N) is 1. The summed E-state index contributed by atoms with van der Waals surface area (Å²) in [4.78, 5) is 38.4. The molecule has 7 rings (SSSR count). The van der Waals surface area contributed by atoms with Gasteiger partial charge in [0.25, 0.3) is 5.91 Å². The maximum Gasteiger partial charge on any atom is 0.254 e. The molecule has 212 valence electrons. The summed E-state index contributed by atoms with van der Waals surface area (Å²) in [5.74, 6) is 2.65. The van der Waals surface area contributed by atoms with E-state index in [2.05, 4.69) is 36.1 Å². The van der Waals surface area contributed by atoms with E-state index < -0.39 is 5.54 Å². The lowest BCUT2D eigenvalue weighted by Gasteiger charge is -2.62. The summed E-state index contributed by atoms with van der Waals surface area (Å²) < 4.78 is 0. The molecule has 1 aliphatic heterocycles. The van der Waals surface area contributed by atoms with Gasteiger partial charge in [-0.15, -0.1) is 0 Å². The van der Waals surface area contributed by atoms with E-state index in [-0.39, 0.29) is 11.7 Å². The van der Waals surface area contributed by atoms with Crippen molar-refractivity contribution in [1.82, 2.24) is 20.2 Å². The molecule has 1 amide bonds. The molecule has 0 spiro atoms. The Morgan fingerprint density at radius 3 is 2.10 bits per heavy atom. The van der Waals surface area contributed by atoms with Gasteiger partial charge >= 0.3 is 0 Å². The third-order valence-electron chi connectivity index (χ3n) is 10.1. The molecular weight excluding hydrogens is 532 g/mol. The van der Waals surface area contributed by atoms with E-state index in [9.17, 15) is 9.59 Å². The number of ketones is 1. The van der Waals surface area contributed by atoms with Gasteiger partial charge in [0.15, 0.2) is 5.78 Å². The minimum Gasteiger partial charge on any atom is -0.357 e. The third kappa shape index (κ3) is 5.19. The third-order valence-corrected chi connectivity index (χ3v) is 10.4. The first kappa shape index (κ1) is 27.6. The highest BCUT2D eigenvalue weighted by molar-refractivity contribution is 6.30. The smallest absolute Gasteiger partial charge is 0.254 e. The normalized spacial score (nSPS) is 26.9. The second-order valence-electron chi connectivity index (χ2n) is 12.8. The molecule has 4 fully saturated rings. The molecule has 2 aromatic heterocycles. The zero-order chi connectivity index (χ0) is 28.8. The molecule has 0 radical (unpaired) electrons. The summed E-state index contributed by atoms with van der Waals surface area (Å²) in [7, 11) is 0. The molecular formula is C34H37ClN4O2. The number of fused-ring (bicyclic) bond motifs is 2. The molecule has 6 nitrogen and oxygen atoms in total. The second-order valence-corrected chi connectivity index (χ2v) is 13.2. The number of rotatable bonds is 8. The summed E-state index contributed by atoms with van der Waals surface area (Å²) in [5.41, 5.74) is 1.96. The maximum absolute atomic E-state index is 14.7. The molecule has 2 bridgehead atoms. The number of carbonyl (C=O) groups excluding carboxylic acids is 2. The van der Waals surface area contributed by atoms with Gasteiger partial charge in [0.1, 0.15) is 11.4 Å². The predicted octanol–water partition coefficient (Wildman–Crippen LogP) is 6.13. The lowest BCUT2D eigenvalue weighted by Crippen LogP contribution is -2.57. The lowest BCUT2D eigenvalue weighted by molar-refractivity contribution is -0.142. The van der Waals surface area contributed by atoms with Gasteiger partial charge in [-0.3, -0.25) is 24.5 Å². The fraction of sp³-hybridized carbons (Fsp3) is 0.412. The minimum absolute atomic E-state index is 0.00647. The van der Waals surface area contributed by atoms with Crippen molar-refractivity contribution < 1.29 is 9.59 Å². The quantitative estimate of drug-likeness (QED) is 0.261. The molecule has 1 aromatic carbocycles. The van der Waals surface area contributed by atoms with Crippen LogP contribution in [0, 0.1) is 29.1 Å². The number of hydrogen-bond acceptors (Lipinski definition) is 5. The molecule has 3 aliphatic carbocycles. The van der Waals surface area contributed by atoms with Crippen molar-refractivity contribution in [2.24, 2.45) is 29.1 Å². The van der Waals surface area contributed by atoms with Gasteiger partial charge < -0.3 is 5.32 Å². The number of pyridine rings is 2. The van der Waals surface area contributed by atoms with Crippen LogP contribution in [0.5, 0.6) is 0 Å². The largest absolute Gasteiger partial charge is 0.357 e. The number of allylic oxidation sites excluding steroid dienone is 1. The molecule has 3 saturated carbocycles. The van der Waals surface area contributed by atoms with Gasteiger partial charge in [0, 0.05) is 60.8 Å². The zero-order valence-electron chi connectivity index (χ0n) is 23.9. The van der Waals surface area contributed by atoms with Crippen LogP contribution in [0.4, 0.5) is 0 Å². The van der Waals surface area contributed by atoms with Crippen molar-refractivity contribution in [1.29, 1.82) is 0 Å². The van der Waals surface area contributed by atoms with Gasteiger partial charge in [-0.05, 0) is 102 Å². The SMILES string of the molecule is CC1C(CN2C(=O)C(Cc3ccncc3)(Cc3ccncc3)NC2=CC(=O)c2ccc(Cl)cc2)CC2CC1C2(C)C. The summed E-state index contributed by atoms with van der Waals surface area (Å²) in [5, 5.41) is 4.18. The Morgan fingerprint density at radius 1 is 0.976 bits per heavy atom. The Labute approximate surface area is 247 Å². The number of hydrogen-bond donors (Lipinski definition) is 1. The standard InChI is InChI=1S/C34H37ClN4O2/c1-22-26(16-27-17-29(22)33(27,2)3)21-39-31(18-30(40)25-4-6-28(35)7-5-25)38-34(32(39)41,19-23-8-12-36-13-9-23)20-24-10-14-37-15-11-24/h4-15,18,22,26-27,29,38H,16-17,19-21H2,1-3H3. The van der Waals surface area contributed by atoms with Crippen LogP contribution in [0.15, 0.2) is 85.2 Å². The Bertz CT molecular complexity index is 1410. The average Bonchev–Trinajstić information content (AvgIpc) is 3.20. The van der Waals surface area contributed by atoms with Crippen LogP contribution in [0.25, 0.3) is 0 Å². The van der Waals surface area contributed by atoms with E-state index >= 15 is 0 Å². The molecule has 4 aliphatic rings. The first-order valence-electron chi connectivity index (χ1n) is 14.6.